The number of ether oxygens (including phenoxy) is 1. The van der Waals surface area contributed by atoms with Crippen LogP contribution in [0.25, 0.3) is 0 Å². The van der Waals surface area contributed by atoms with E-state index >= 15 is 0 Å². The van der Waals surface area contributed by atoms with Gasteiger partial charge in [-0.2, -0.15) is 0 Å². The minimum atomic E-state index is 0.345. The first kappa shape index (κ1) is 15.4. The number of hydrogen-bond donors (Lipinski definition) is 1. The first-order valence-electron chi connectivity index (χ1n) is 6.48. The third-order valence-electron chi connectivity index (χ3n) is 2.96. The molecule has 0 aliphatic rings. The Labute approximate surface area is 114 Å². The number of aromatic nitrogens is 1. The molecule has 1 rings (SSSR count). The van der Waals surface area contributed by atoms with Crippen molar-refractivity contribution in [2.45, 2.75) is 39.3 Å². The van der Waals surface area contributed by atoms with Crippen molar-refractivity contribution in [1.29, 1.82) is 0 Å². The standard InChI is InChI=1S/C13H25N3OS/c1-6-7-11-12(8-14-3)18-13(15-11)16(4)10(2)9-17-5/h10,14H,6-9H2,1-5H3. The molecule has 1 unspecified atom stereocenters. The molecular weight excluding hydrogens is 246 g/mol. The van der Waals surface area contributed by atoms with Gasteiger partial charge in [0, 0.05) is 25.6 Å². The molecule has 0 spiro atoms. The maximum absolute atomic E-state index is 5.20. The van der Waals surface area contributed by atoms with E-state index in [4.69, 9.17) is 9.72 Å². The lowest BCUT2D eigenvalue weighted by atomic mass is 10.2. The molecule has 0 saturated heterocycles. The molecule has 0 aliphatic heterocycles. The number of hydrogen-bond acceptors (Lipinski definition) is 5. The van der Waals surface area contributed by atoms with Crippen LogP contribution in [0.15, 0.2) is 0 Å². The van der Waals surface area contributed by atoms with Crippen LogP contribution in [0.5, 0.6) is 0 Å². The van der Waals surface area contributed by atoms with E-state index in [0.29, 0.717) is 6.04 Å². The highest BCUT2D eigenvalue weighted by Gasteiger charge is 2.16. The van der Waals surface area contributed by atoms with E-state index in [1.807, 2.05) is 7.05 Å². The van der Waals surface area contributed by atoms with Gasteiger partial charge < -0.3 is 15.0 Å². The molecule has 0 bridgehead atoms. The Bertz CT molecular complexity index is 331. The lowest BCUT2D eigenvalue weighted by Gasteiger charge is -2.23. The molecule has 0 aliphatic carbocycles. The van der Waals surface area contributed by atoms with Gasteiger partial charge in [0.2, 0.25) is 0 Å². The van der Waals surface area contributed by atoms with E-state index in [2.05, 4.69) is 31.1 Å². The highest BCUT2D eigenvalue weighted by atomic mass is 32.1. The van der Waals surface area contributed by atoms with Crippen molar-refractivity contribution >= 4 is 16.5 Å². The minimum Gasteiger partial charge on any atom is -0.383 e. The monoisotopic (exact) mass is 271 g/mol. The fraction of sp³-hybridized carbons (Fsp3) is 0.769. The summed E-state index contributed by atoms with van der Waals surface area (Å²) in [6, 6.07) is 0.345. The van der Waals surface area contributed by atoms with Crippen LogP contribution >= 0.6 is 11.3 Å². The van der Waals surface area contributed by atoms with E-state index in [1.165, 1.54) is 10.6 Å². The van der Waals surface area contributed by atoms with Gasteiger partial charge in [0.25, 0.3) is 0 Å². The fourth-order valence-corrected chi connectivity index (χ4v) is 2.98. The Hall–Kier alpha value is -0.650. The zero-order valence-corrected chi connectivity index (χ0v) is 12.9. The van der Waals surface area contributed by atoms with Gasteiger partial charge in [-0.05, 0) is 20.4 Å². The van der Waals surface area contributed by atoms with Crippen LogP contribution in [0.2, 0.25) is 0 Å². The van der Waals surface area contributed by atoms with Crippen molar-refractivity contribution in [3.8, 4) is 0 Å². The number of methoxy groups -OCH3 is 1. The Balaban J connectivity index is 2.85. The van der Waals surface area contributed by atoms with Crippen molar-refractivity contribution in [3.05, 3.63) is 10.6 Å². The number of aryl methyl sites for hydroxylation is 1. The Morgan fingerprint density at radius 1 is 1.50 bits per heavy atom. The molecule has 5 heteroatoms. The van der Waals surface area contributed by atoms with Crippen molar-refractivity contribution < 1.29 is 4.74 Å². The second-order valence-corrected chi connectivity index (χ2v) is 5.62. The topological polar surface area (TPSA) is 37.4 Å². The van der Waals surface area contributed by atoms with Gasteiger partial charge in [-0.1, -0.05) is 13.3 Å². The van der Waals surface area contributed by atoms with E-state index in [9.17, 15) is 0 Å². The summed E-state index contributed by atoms with van der Waals surface area (Å²) in [5.74, 6) is 0. The molecule has 1 aromatic rings. The molecule has 0 aromatic carbocycles. The Morgan fingerprint density at radius 3 is 2.78 bits per heavy atom. The number of rotatable bonds is 8. The van der Waals surface area contributed by atoms with Gasteiger partial charge >= 0.3 is 0 Å². The predicted octanol–water partition coefficient (Wildman–Crippen LogP) is 2.29. The number of anilines is 1. The molecular formula is C13H25N3OS. The number of thiazole rings is 1. The summed E-state index contributed by atoms with van der Waals surface area (Å²) in [5, 5.41) is 4.31. The molecule has 1 atom stereocenters. The number of likely N-dealkylation sites (N-methyl/N-ethyl adjacent to an activating group) is 1. The lowest BCUT2D eigenvalue weighted by molar-refractivity contribution is 0.183. The van der Waals surface area contributed by atoms with Crippen molar-refractivity contribution in [3.63, 3.8) is 0 Å². The van der Waals surface area contributed by atoms with Crippen LogP contribution in [0, 0.1) is 0 Å². The highest BCUT2D eigenvalue weighted by molar-refractivity contribution is 7.15. The van der Waals surface area contributed by atoms with Gasteiger partial charge in [0.05, 0.1) is 18.3 Å². The summed E-state index contributed by atoms with van der Waals surface area (Å²) < 4.78 is 5.20. The predicted molar refractivity (Wildman–Crippen MR) is 78.6 cm³/mol. The quantitative estimate of drug-likeness (QED) is 0.787. The molecule has 0 saturated carbocycles. The van der Waals surface area contributed by atoms with Crippen LogP contribution in [0.3, 0.4) is 0 Å². The van der Waals surface area contributed by atoms with Crippen molar-refractivity contribution in [2.75, 3.05) is 32.7 Å². The van der Waals surface area contributed by atoms with Gasteiger partial charge in [0.15, 0.2) is 5.13 Å². The van der Waals surface area contributed by atoms with E-state index in [-0.39, 0.29) is 0 Å². The van der Waals surface area contributed by atoms with Crippen molar-refractivity contribution in [2.24, 2.45) is 0 Å². The molecule has 4 nitrogen and oxygen atoms in total. The van der Waals surface area contributed by atoms with Crippen LogP contribution in [0.4, 0.5) is 5.13 Å². The highest BCUT2D eigenvalue weighted by Crippen LogP contribution is 2.27. The molecule has 1 aromatic heterocycles. The van der Waals surface area contributed by atoms with Gasteiger partial charge in [0.1, 0.15) is 0 Å². The first-order chi connectivity index (χ1) is 8.63. The average molecular weight is 271 g/mol. The van der Waals surface area contributed by atoms with Crippen LogP contribution in [0.1, 0.15) is 30.8 Å². The second-order valence-electron chi connectivity index (χ2n) is 4.56. The third-order valence-corrected chi connectivity index (χ3v) is 4.15. The normalized spacial score (nSPS) is 12.7. The SMILES string of the molecule is CCCc1nc(N(C)C(C)COC)sc1CNC. The molecule has 18 heavy (non-hydrogen) atoms. The molecule has 0 fully saturated rings. The smallest absolute Gasteiger partial charge is 0.185 e. The summed E-state index contributed by atoms with van der Waals surface area (Å²) in [7, 11) is 5.80. The average Bonchev–Trinajstić information content (AvgIpc) is 2.73. The second kappa shape index (κ2) is 7.71. The maximum Gasteiger partial charge on any atom is 0.185 e. The van der Waals surface area contributed by atoms with Crippen LogP contribution in [-0.4, -0.2) is 38.8 Å². The molecule has 0 amide bonds. The van der Waals surface area contributed by atoms with Gasteiger partial charge in [-0.15, -0.1) is 11.3 Å². The largest absolute Gasteiger partial charge is 0.383 e. The first-order valence-corrected chi connectivity index (χ1v) is 7.30. The van der Waals surface area contributed by atoms with Gasteiger partial charge in [-0.3, -0.25) is 0 Å². The minimum absolute atomic E-state index is 0.345. The van der Waals surface area contributed by atoms with Gasteiger partial charge in [-0.25, -0.2) is 4.98 Å². The van der Waals surface area contributed by atoms with Crippen LogP contribution < -0.4 is 10.2 Å². The summed E-state index contributed by atoms with van der Waals surface area (Å²) in [6.45, 7) is 5.97. The van der Waals surface area contributed by atoms with E-state index in [0.717, 1.165) is 31.1 Å². The molecule has 0 radical (unpaired) electrons. The Morgan fingerprint density at radius 2 is 2.22 bits per heavy atom. The summed E-state index contributed by atoms with van der Waals surface area (Å²) in [4.78, 5) is 8.32. The summed E-state index contributed by atoms with van der Waals surface area (Å²) in [6.07, 6.45) is 2.19. The zero-order chi connectivity index (χ0) is 13.5. The molecule has 104 valence electrons. The van der Waals surface area contributed by atoms with E-state index < -0.39 is 0 Å². The molecule has 1 heterocycles. The van der Waals surface area contributed by atoms with Crippen LogP contribution in [-0.2, 0) is 17.7 Å². The third kappa shape index (κ3) is 3.93. The van der Waals surface area contributed by atoms with E-state index in [1.54, 1.807) is 18.4 Å². The Kier molecular flexibility index (Phi) is 6.60. The molecule has 1 N–H and O–H groups in total. The number of nitrogens with zero attached hydrogens (tertiary/aromatic N) is 2. The maximum atomic E-state index is 5.20. The zero-order valence-electron chi connectivity index (χ0n) is 12.1. The van der Waals surface area contributed by atoms with Crippen molar-refractivity contribution in [1.82, 2.24) is 10.3 Å². The summed E-state index contributed by atoms with van der Waals surface area (Å²) in [5.41, 5.74) is 1.24. The fourth-order valence-electron chi connectivity index (χ4n) is 1.79. The summed E-state index contributed by atoms with van der Waals surface area (Å²) >= 11 is 1.78. The lowest BCUT2D eigenvalue weighted by Crippen LogP contribution is -2.32. The number of nitrogens with one attached hydrogen (secondary N) is 1.